The van der Waals surface area contributed by atoms with Gasteiger partial charge in [0.1, 0.15) is 6.07 Å². The molecule has 1 N–H and O–H groups in total. The molecule has 0 heterocycles. The molecule has 2 aromatic carbocycles. The van der Waals surface area contributed by atoms with E-state index >= 15 is 0 Å². The topological polar surface area (TPSA) is 71.3 Å². The molecule has 0 bridgehead atoms. The van der Waals surface area contributed by atoms with Crippen LogP contribution >= 0.6 is 0 Å². The minimum absolute atomic E-state index is 0.0304. The van der Waals surface area contributed by atoms with Gasteiger partial charge in [0.2, 0.25) is 5.91 Å². The minimum atomic E-state index is -4.43. The first-order valence-corrected chi connectivity index (χ1v) is 8.13. The van der Waals surface area contributed by atoms with E-state index in [0.717, 1.165) is 12.1 Å². The number of carbonyl (C=O) groups is 1. The van der Waals surface area contributed by atoms with Crippen LogP contribution in [-0.2, 0) is 17.5 Å². The van der Waals surface area contributed by atoms with Crippen LogP contribution in [-0.4, -0.2) is 19.6 Å². The Morgan fingerprint density at radius 2 is 2.00 bits per heavy atom. The molecule has 2 rings (SSSR count). The highest BCUT2D eigenvalue weighted by Gasteiger charge is 2.30. The van der Waals surface area contributed by atoms with Crippen LogP contribution in [0.5, 0.6) is 11.5 Å². The van der Waals surface area contributed by atoms with Crippen LogP contribution in [0, 0.1) is 11.3 Å². The smallest absolute Gasteiger partial charge is 0.416 e. The van der Waals surface area contributed by atoms with Gasteiger partial charge in [-0.05, 0) is 41.5 Å². The van der Waals surface area contributed by atoms with Gasteiger partial charge in [0.05, 0.1) is 12.7 Å². The van der Waals surface area contributed by atoms with Gasteiger partial charge >= 0.3 is 6.18 Å². The molecule has 0 radical (unpaired) electrons. The summed E-state index contributed by atoms with van der Waals surface area (Å²) in [5.41, 5.74) is 0.230. The fraction of sp³-hybridized carbons (Fsp3) is 0.200. The van der Waals surface area contributed by atoms with E-state index in [1.807, 2.05) is 6.07 Å². The van der Waals surface area contributed by atoms with Crippen molar-refractivity contribution in [3.63, 3.8) is 0 Å². The van der Waals surface area contributed by atoms with E-state index in [0.29, 0.717) is 22.6 Å². The fourth-order valence-corrected chi connectivity index (χ4v) is 2.29. The number of halogens is 3. The van der Waals surface area contributed by atoms with Crippen molar-refractivity contribution < 1.29 is 27.4 Å². The molecule has 0 aromatic heterocycles. The van der Waals surface area contributed by atoms with Gasteiger partial charge in [-0.15, -0.1) is 0 Å². The summed E-state index contributed by atoms with van der Waals surface area (Å²) in [6.07, 6.45) is -1.64. The number of amides is 1. The Morgan fingerprint density at radius 3 is 2.68 bits per heavy atom. The zero-order valence-corrected chi connectivity index (χ0v) is 14.9. The molecule has 0 saturated carbocycles. The van der Waals surface area contributed by atoms with Gasteiger partial charge in [0.15, 0.2) is 18.1 Å². The first-order valence-electron chi connectivity index (χ1n) is 8.13. The maximum Gasteiger partial charge on any atom is 0.416 e. The average molecular weight is 390 g/mol. The van der Waals surface area contributed by atoms with Crippen molar-refractivity contribution in [3.05, 3.63) is 65.2 Å². The zero-order chi connectivity index (χ0) is 20.6. The number of benzene rings is 2. The van der Waals surface area contributed by atoms with Gasteiger partial charge in [0, 0.05) is 12.6 Å². The first kappa shape index (κ1) is 20.8. The minimum Gasteiger partial charge on any atom is -0.493 e. The summed E-state index contributed by atoms with van der Waals surface area (Å²) in [5.74, 6) is 0.346. The zero-order valence-electron chi connectivity index (χ0n) is 14.9. The molecule has 0 unspecified atom stereocenters. The van der Waals surface area contributed by atoms with Crippen LogP contribution in [0.3, 0.4) is 0 Å². The summed E-state index contributed by atoms with van der Waals surface area (Å²) in [7, 11) is 1.45. The van der Waals surface area contributed by atoms with Crippen LogP contribution in [0.4, 0.5) is 13.2 Å². The third kappa shape index (κ3) is 6.06. The van der Waals surface area contributed by atoms with Gasteiger partial charge in [-0.1, -0.05) is 18.2 Å². The summed E-state index contributed by atoms with van der Waals surface area (Å²) in [4.78, 5) is 11.9. The van der Waals surface area contributed by atoms with Crippen LogP contribution in [0.2, 0.25) is 0 Å². The molecule has 5 nitrogen and oxygen atoms in total. The lowest BCUT2D eigenvalue weighted by Gasteiger charge is -2.09. The second kappa shape index (κ2) is 9.46. The summed E-state index contributed by atoms with van der Waals surface area (Å²) < 4.78 is 48.5. The highest BCUT2D eigenvalue weighted by Crippen LogP contribution is 2.30. The van der Waals surface area contributed by atoms with Crippen LogP contribution in [0.15, 0.2) is 48.5 Å². The second-order valence-electron chi connectivity index (χ2n) is 5.61. The second-order valence-corrected chi connectivity index (χ2v) is 5.61. The predicted octanol–water partition coefficient (Wildman–Crippen LogP) is 3.95. The van der Waals surface area contributed by atoms with Gasteiger partial charge in [-0.3, -0.25) is 4.79 Å². The van der Waals surface area contributed by atoms with Crippen molar-refractivity contribution in [2.45, 2.75) is 12.7 Å². The van der Waals surface area contributed by atoms with Gasteiger partial charge in [-0.2, -0.15) is 18.4 Å². The van der Waals surface area contributed by atoms with E-state index in [9.17, 15) is 18.0 Å². The Hall–Kier alpha value is -3.47. The Kier molecular flexibility index (Phi) is 7.04. The van der Waals surface area contributed by atoms with Crippen LogP contribution < -0.4 is 14.8 Å². The van der Waals surface area contributed by atoms with Crippen molar-refractivity contribution in [3.8, 4) is 17.6 Å². The maximum absolute atomic E-state index is 12.7. The molecule has 1 amide bonds. The van der Waals surface area contributed by atoms with Crippen molar-refractivity contribution in [2.75, 3.05) is 13.7 Å². The standard InChI is InChI=1S/C20H17F3N2O3/c1-27-18-12-14(5-7-17(18)28-10-9-24)6-8-19(26)25-13-15-3-2-4-16(11-15)20(21,22)23/h2-8,11-12H,10,13H2,1H3,(H,25,26)/b8-6+. The molecular weight excluding hydrogens is 373 g/mol. The number of rotatable bonds is 7. The van der Waals surface area contributed by atoms with Crippen molar-refractivity contribution >= 4 is 12.0 Å². The van der Waals surface area contributed by atoms with Crippen LogP contribution in [0.25, 0.3) is 6.08 Å². The fourth-order valence-electron chi connectivity index (χ4n) is 2.29. The summed E-state index contributed by atoms with van der Waals surface area (Å²) in [5, 5.41) is 11.1. The number of nitriles is 1. The molecule has 0 aliphatic rings. The largest absolute Gasteiger partial charge is 0.493 e. The highest BCUT2D eigenvalue weighted by atomic mass is 19.4. The maximum atomic E-state index is 12.7. The molecule has 28 heavy (non-hydrogen) atoms. The van der Waals surface area contributed by atoms with Gasteiger partial charge < -0.3 is 14.8 Å². The number of alkyl halides is 3. The highest BCUT2D eigenvalue weighted by molar-refractivity contribution is 5.91. The Labute approximate surface area is 160 Å². The number of hydrogen-bond donors (Lipinski definition) is 1. The Balaban J connectivity index is 1.98. The lowest BCUT2D eigenvalue weighted by atomic mass is 10.1. The van der Waals surface area contributed by atoms with Gasteiger partial charge in [0.25, 0.3) is 0 Å². The predicted molar refractivity (Wildman–Crippen MR) is 96.4 cm³/mol. The number of hydrogen-bond acceptors (Lipinski definition) is 4. The monoisotopic (exact) mass is 390 g/mol. The summed E-state index contributed by atoms with van der Waals surface area (Å²) >= 11 is 0. The molecule has 0 atom stereocenters. The molecule has 0 aliphatic heterocycles. The normalized spacial score (nSPS) is 11.1. The Morgan fingerprint density at radius 1 is 1.21 bits per heavy atom. The number of ether oxygens (including phenoxy) is 2. The number of nitrogens with zero attached hydrogens (tertiary/aromatic N) is 1. The number of nitrogens with one attached hydrogen (secondary N) is 1. The molecule has 0 aliphatic carbocycles. The molecule has 2 aromatic rings. The SMILES string of the molecule is COc1cc(/C=C/C(=O)NCc2cccc(C(F)(F)F)c2)ccc1OCC#N. The Bertz CT molecular complexity index is 902. The molecule has 0 spiro atoms. The average Bonchev–Trinajstić information content (AvgIpc) is 2.69. The molecule has 0 saturated heterocycles. The van der Waals surface area contributed by atoms with E-state index in [1.54, 1.807) is 18.2 Å². The third-order valence-corrected chi connectivity index (χ3v) is 3.63. The lowest BCUT2D eigenvalue weighted by molar-refractivity contribution is -0.137. The lowest BCUT2D eigenvalue weighted by Crippen LogP contribution is -2.20. The van der Waals surface area contributed by atoms with Crippen molar-refractivity contribution in [1.82, 2.24) is 5.32 Å². The van der Waals surface area contributed by atoms with E-state index in [1.165, 1.54) is 31.4 Å². The molecular formula is C20H17F3N2O3. The van der Waals surface area contributed by atoms with E-state index in [4.69, 9.17) is 14.7 Å². The van der Waals surface area contributed by atoms with Crippen molar-refractivity contribution in [1.29, 1.82) is 5.26 Å². The molecule has 8 heteroatoms. The van der Waals surface area contributed by atoms with E-state index in [-0.39, 0.29) is 13.2 Å². The molecule has 0 fully saturated rings. The van der Waals surface area contributed by atoms with Crippen LogP contribution in [0.1, 0.15) is 16.7 Å². The van der Waals surface area contributed by atoms with E-state index < -0.39 is 17.6 Å². The van der Waals surface area contributed by atoms with E-state index in [2.05, 4.69) is 5.32 Å². The summed E-state index contributed by atoms with van der Waals surface area (Å²) in [6.45, 7) is -0.152. The summed E-state index contributed by atoms with van der Waals surface area (Å²) in [6, 6.07) is 11.5. The number of methoxy groups -OCH3 is 1. The third-order valence-electron chi connectivity index (χ3n) is 3.63. The van der Waals surface area contributed by atoms with Crippen molar-refractivity contribution in [2.24, 2.45) is 0 Å². The quantitative estimate of drug-likeness (QED) is 0.727. The van der Waals surface area contributed by atoms with Gasteiger partial charge in [-0.25, -0.2) is 0 Å². The number of carbonyl (C=O) groups excluding carboxylic acids is 1. The molecule has 146 valence electrons. The first-order chi connectivity index (χ1) is 13.3.